The van der Waals surface area contributed by atoms with Crippen LogP contribution in [0.4, 0.5) is 11.4 Å². The largest absolute Gasteiger partial charge is 0.466 e. The summed E-state index contributed by atoms with van der Waals surface area (Å²) in [6.07, 6.45) is 3.75. The maximum atomic E-state index is 13.9. The molecule has 1 heterocycles. The minimum absolute atomic E-state index is 0.131. The smallest absolute Gasteiger partial charge is 0.309 e. The molecule has 1 aliphatic carbocycles. The highest BCUT2D eigenvalue weighted by atomic mass is 32.2. The van der Waals surface area contributed by atoms with E-state index in [0.717, 1.165) is 24.8 Å². The third-order valence-corrected chi connectivity index (χ3v) is 8.66. The van der Waals surface area contributed by atoms with Crippen molar-refractivity contribution in [2.24, 2.45) is 11.8 Å². The summed E-state index contributed by atoms with van der Waals surface area (Å²) in [7, 11) is -3.93. The first-order valence-electron chi connectivity index (χ1n) is 13.2. The lowest BCUT2D eigenvalue weighted by Crippen LogP contribution is -2.38. The number of hydrogen-bond donors (Lipinski definition) is 2. The van der Waals surface area contributed by atoms with Crippen LogP contribution >= 0.6 is 0 Å². The topological polar surface area (TPSA) is 105 Å². The van der Waals surface area contributed by atoms with Crippen molar-refractivity contribution in [3.05, 3.63) is 53.6 Å². The van der Waals surface area contributed by atoms with Gasteiger partial charge in [0.2, 0.25) is 15.9 Å². The third kappa shape index (κ3) is 6.33. The van der Waals surface area contributed by atoms with E-state index >= 15 is 0 Å². The molecular formula is C28H37N3O5S. The van der Waals surface area contributed by atoms with E-state index < -0.39 is 10.0 Å². The SMILES string of the molecule is CCOC(=O)C1CCN(c2ccc(NC(=O)C(C)C)cc2S(=O)(=O)NC2CCCc3ccccc32)CC1. The molecule has 8 nitrogen and oxygen atoms in total. The second kappa shape index (κ2) is 11.6. The number of carbonyl (C=O) groups excluding carboxylic acids is 2. The van der Waals surface area contributed by atoms with Crippen LogP contribution in [0.1, 0.15) is 63.6 Å². The quantitative estimate of drug-likeness (QED) is 0.493. The van der Waals surface area contributed by atoms with E-state index in [1.807, 2.05) is 23.1 Å². The predicted molar refractivity (Wildman–Crippen MR) is 144 cm³/mol. The van der Waals surface area contributed by atoms with Crippen molar-refractivity contribution < 1.29 is 22.7 Å². The zero-order chi connectivity index (χ0) is 26.6. The molecule has 1 aliphatic heterocycles. The van der Waals surface area contributed by atoms with E-state index in [4.69, 9.17) is 4.74 Å². The molecule has 2 aliphatic rings. The standard InChI is InChI=1S/C28H37N3O5S/c1-4-36-28(33)21-14-16-31(17-15-21)25-13-12-22(29-27(32)19(2)3)18-26(25)37(34,35)30-24-11-7-9-20-8-5-6-10-23(20)24/h5-6,8,10,12-13,18-19,21,24,30H,4,7,9,11,14-17H2,1-3H3,(H,29,32). The number of nitrogens with zero attached hydrogens (tertiary/aromatic N) is 1. The number of amides is 1. The molecule has 2 aromatic carbocycles. The van der Waals surface area contributed by atoms with Crippen LogP contribution in [0.25, 0.3) is 0 Å². The number of esters is 1. The number of fused-ring (bicyclic) bond motifs is 1. The molecule has 4 rings (SSSR count). The van der Waals surface area contributed by atoms with Gasteiger partial charge < -0.3 is 15.0 Å². The first kappa shape index (κ1) is 27.1. The third-order valence-electron chi connectivity index (χ3n) is 7.16. The Labute approximate surface area is 219 Å². The van der Waals surface area contributed by atoms with Crippen molar-refractivity contribution >= 4 is 33.3 Å². The fourth-order valence-corrected chi connectivity index (χ4v) is 6.60. The van der Waals surface area contributed by atoms with Gasteiger partial charge >= 0.3 is 5.97 Å². The average Bonchev–Trinajstić information content (AvgIpc) is 2.89. The lowest BCUT2D eigenvalue weighted by molar-refractivity contribution is -0.148. The Morgan fingerprint density at radius 1 is 1.08 bits per heavy atom. The molecule has 0 radical (unpaired) electrons. The number of nitrogens with one attached hydrogen (secondary N) is 2. The first-order chi connectivity index (χ1) is 17.7. The number of benzene rings is 2. The second-order valence-electron chi connectivity index (χ2n) is 10.1. The Morgan fingerprint density at radius 3 is 2.51 bits per heavy atom. The van der Waals surface area contributed by atoms with Gasteiger partial charge in [-0.05, 0) is 68.4 Å². The maximum Gasteiger partial charge on any atom is 0.309 e. The van der Waals surface area contributed by atoms with Crippen LogP contribution in [-0.2, 0) is 30.8 Å². The van der Waals surface area contributed by atoms with Crippen molar-refractivity contribution in [1.29, 1.82) is 0 Å². The monoisotopic (exact) mass is 527 g/mol. The van der Waals surface area contributed by atoms with Gasteiger partial charge in [-0.25, -0.2) is 13.1 Å². The summed E-state index contributed by atoms with van der Waals surface area (Å²) in [6, 6.07) is 12.7. The van der Waals surface area contributed by atoms with Gasteiger partial charge in [-0.15, -0.1) is 0 Å². The summed E-state index contributed by atoms with van der Waals surface area (Å²) >= 11 is 0. The molecule has 1 unspecified atom stereocenters. The van der Waals surface area contributed by atoms with Gasteiger partial charge in [-0.2, -0.15) is 0 Å². The maximum absolute atomic E-state index is 13.9. The zero-order valence-electron chi connectivity index (χ0n) is 21.8. The van der Waals surface area contributed by atoms with Crippen LogP contribution in [0.2, 0.25) is 0 Å². The summed E-state index contributed by atoms with van der Waals surface area (Å²) in [5.41, 5.74) is 3.19. The molecule has 2 aromatic rings. The average molecular weight is 528 g/mol. The predicted octanol–water partition coefficient (Wildman–Crippen LogP) is 4.42. The van der Waals surface area contributed by atoms with E-state index in [1.54, 1.807) is 39.0 Å². The Kier molecular flexibility index (Phi) is 8.54. The molecule has 37 heavy (non-hydrogen) atoms. The summed E-state index contributed by atoms with van der Waals surface area (Å²) in [4.78, 5) is 26.7. The minimum Gasteiger partial charge on any atom is -0.466 e. The van der Waals surface area contributed by atoms with Crippen LogP contribution in [0, 0.1) is 11.8 Å². The molecule has 1 saturated heterocycles. The first-order valence-corrected chi connectivity index (χ1v) is 14.6. The Morgan fingerprint density at radius 2 is 1.81 bits per heavy atom. The minimum atomic E-state index is -3.93. The van der Waals surface area contributed by atoms with Crippen molar-refractivity contribution in [2.75, 3.05) is 29.9 Å². The van der Waals surface area contributed by atoms with Crippen LogP contribution < -0.4 is 14.9 Å². The number of rotatable bonds is 8. The Balaban J connectivity index is 1.64. The van der Waals surface area contributed by atoms with Crippen LogP contribution in [0.3, 0.4) is 0 Å². The van der Waals surface area contributed by atoms with E-state index in [0.29, 0.717) is 43.9 Å². The van der Waals surface area contributed by atoms with Crippen LogP contribution in [0.5, 0.6) is 0 Å². The highest BCUT2D eigenvalue weighted by molar-refractivity contribution is 7.89. The lowest BCUT2D eigenvalue weighted by atomic mass is 9.88. The highest BCUT2D eigenvalue weighted by Crippen LogP contribution is 2.35. The van der Waals surface area contributed by atoms with Crippen molar-refractivity contribution in [2.45, 2.75) is 63.8 Å². The van der Waals surface area contributed by atoms with Gasteiger partial charge in [0.1, 0.15) is 4.90 Å². The fourth-order valence-electron chi connectivity index (χ4n) is 5.10. The second-order valence-corrected chi connectivity index (χ2v) is 11.8. The molecule has 0 bridgehead atoms. The van der Waals surface area contributed by atoms with Crippen LogP contribution in [0.15, 0.2) is 47.4 Å². The number of sulfonamides is 1. The summed E-state index contributed by atoms with van der Waals surface area (Å²) in [6.45, 7) is 6.79. The number of ether oxygens (including phenoxy) is 1. The number of aryl methyl sites for hydroxylation is 1. The molecule has 9 heteroatoms. The van der Waals surface area contributed by atoms with E-state index in [9.17, 15) is 18.0 Å². The zero-order valence-corrected chi connectivity index (χ0v) is 22.6. The fraction of sp³-hybridized carbons (Fsp3) is 0.500. The normalized spacial score (nSPS) is 18.4. The number of piperidine rings is 1. The lowest BCUT2D eigenvalue weighted by Gasteiger charge is -2.34. The van der Waals surface area contributed by atoms with Crippen LogP contribution in [-0.4, -0.2) is 40.0 Å². The van der Waals surface area contributed by atoms with Gasteiger partial charge in [0, 0.05) is 30.7 Å². The van der Waals surface area contributed by atoms with Crippen molar-refractivity contribution in [3.63, 3.8) is 0 Å². The highest BCUT2D eigenvalue weighted by Gasteiger charge is 2.32. The van der Waals surface area contributed by atoms with Crippen molar-refractivity contribution in [3.8, 4) is 0 Å². The molecule has 1 fully saturated rings. The Bertz CT molecular complexity index is 1240. The summed E-state index contributed by atoms with van der Waals surface area (Å²) in [5.74, 6) is -0.795. The van der Waals surface area contributed by atoms with Crippen molar-refractivity contribution in [1.82, 2.24) is 4.72 Å². The number of carbonyl (C=O) groups is 2. The van der Waals surface area contributed by atoms with Gasteiger partial charge in [0.15, 0.2) is 0 Å². The van der Waals surface area contributed by atoms with Gasteiger partial charge in [0.25, 0.3) is 0 Å². The molecule has 2 N–H and O–H groups in total. The van der Waals surface area contributed by atoms with Gasteiger partial charge in [-0.3, -0.25) is 9.59 Å². The molecule has 0 spiro atoms. The molecule has 0 saturated carbocycles. The molecule has 1 amide bonds. The number of hydrogen-bond acceptors (Lipinski definition) is 6. The summed E-state index contributed by atoms with van der Waals surface area (Å²) < 4.78 is 35.9. The van der Waals surface area contributed by atoms with Gasteiger partial charge in [0.05, 0.1) is 18.2 Å². The molecule has 0 aromatic heterocycles. The molecule has 1 atom stereocenters. The Hall–Kier alpha value is -2.91. The molecule has 200 valence electrons. The van der Waals surface area contributed by atoms with E-state index in [1.165, 1.54) is 5.56 Å². The number of anilines is 2. The van der Waals surface area contributed by atoms with E-state index in [2.05, 4.69) is 16.1 Å². The molecular weight excluding hydrogens is 490 g/mol. The van der Waals surface area contributed by atoms with Gasteiger partial charge in [-0.1, -0.05) is 38.1 Å². The van der Waals surface area contributed by atoms with E-state index in [-0.39, 0.29) is 34.6 Å². The summed E-state index contributed by atoms with van der Waals surface area (Å²) in [5, 5.41) is 2.83.